The highest BCUT2D eigenvalue weighted by Crippen LogP contribution is 2.20. The number of fused-ring (bicyclic) bond motifs is 1. The highest BCUT2D eigenvalue weighted by molar-refractivity contribution is 5.83. The first kappa shape index (κ1) is 20.0. The van der Waals surface area contributed by atoms with Gasteiger partial charge in [0.1, 0.15) is 5.82 Å². The monoisotopic (exact) mass is 383 g/mol. The second-order valence-electron chi connectivity index (χ2n) is 7.12. The van der Waals surface area contributed by atoms with Gasteiger partial charge in [0.15, 0.2) is 0 Å². The number of aryl methyl sites for hydroxylation is 1. The van der Waals surface area contributed by atoms with Crippen LogP contribution in [0.1, 0.15) is 24.0 Å². The third-order valence-corrected chi connectivity index (χ3v) is 5.01. The summed E-state index contributed by atoms with van der Waals surface area (Å²) in [5, 5.41) is 13.9. The van der Waals surface area contributed by atoms with Gasteiger partial charge in [0.25, 0.3) is 0 Å². The van der Waals surface area contributed by atoms with Gasteiger partial charge in [-0.25, -0.2) is 4.39 Å². The fourth-order valence-electron chi connectivity index (χ4n) is 3.56. The van der Waals surface area contributed by atoms with E-state index >= 15 is 0 Å². The molecule has 2 atom stereocenters. The predicted octanol–water partition coefficient (Wildman–Crippen LogP) is 3.24. The standard InChI is InChI=1S/C22H26FN3O2/c23-17-8-5-15(6-9-17)7-10-18(13-24)26-19(12-22(27)28)11-16-14-25-21-4-2-1-3-20(16)21/h1-6,8-9,14,18-19,25-26H,7,10-13,24H2,(H,27,28)/t18?,19-/m0/s1. The van der Waals surface area contributed by atoms with Crippen LogP contribution < -0.4 is 11.1 Å². The maximum Gasteiger partial charge on any atom is 0.304 e. The van der Waals surface area contributed by atoms with Crippen molar-refractivity contribution in [1.29, 1.82) is 0 Å². The summed E-state index contributed by atoms with van der Waals surface area (Å²) in [6, 6.07) is 14.2. The average Bonchev–Trinajstić information content (AvgIpc) is 3.09. The van der Waals surface area contributed by atoms with Crippen molar-refractivity contribution in [2.45, 2.75) is 37.8 Å². The molecule has 0 aliphatic rings. The van der Waals surface area contributed by atoms with Crippen LogP contribution in [0.25, 0.3) is 10.9 Å². The van der Waals surface area contributed by atoms with E-state index in [-0.39, 0.29) is 24.3 Å². The number of aromatic amines is 1. The smallest absolute Gasteiger partial charge is 0.304 e. The Morgan fingerprint density at radius 2 is 1.89 bits per heavy atom. The number of aromatic nitrogens is 1. The first-order valence-electron chi connectivity index (χ1n) is 9.52. The van der Waals surface area contributed by atoms with Crippen molar-refractivity contribution in [2.75, 3.05) is 6.54 Å². The van der Waals surface area contributed by atoms with Crippen LogP contribution in [0.15, 0.2) is 54.7 Å². The molecule has 0 fully saturated rings. The molecule has 0 bridgehead atoms. The number of aliphatic carboxylic acids is 1. The Morgan fingerprint density at radius 1 is 1.14 bits per heavy atom. The van der Waals surface area contributed by atoms with E-state index in [9.17, 15) is 14.3 Å². The fraction of sp³-hybridized carbons (Fsp3) is 0.318. The highest BCUT2D eigenvalue weighted by Gasteiger charge is 2.19. The second kappa shape index (κ2) is 9.48. The summed E-state index contributed by atoms with van der Waals surface area (Å²) in [6.07, 6.45) is 4.07. The Balaban J connectivity index is 1.66. The average molecular weight is 383 g/mol. The number of halogens is 1. The minimum Gasteiger partial charge on any atom is -0.481 e. The molecule has 28 heavy (non-hydrogen) atoms. The lowest BCUT2D eigenvalue weighted by molar-refractivity contribution is -0.137. The van der Waals surface area contributed by atoms with Gasteiger partial charge in [0.2, 0.25) is 0 Å². The normalized spacial score (nSPS) is 13.5. The molecule has 5 nitrogen and oxygen atoms in total. The maximum absolute atomic E-state index is 13.0. The summed E-state index contributed by atoms with van der Waals surface area (Å²) >= 11 is 0. The molecule has 0 saturated heterocycles. The molecule has 148 valence electrons. The number of hydrogen-bond acceptors (Lipinski definition) is 3. The maximum atomic E-state index is 13.0. The lowest BCUT2D eigenvalue weighted by Gasteiger charge is -2.24. The van der Waals surface area contributed by atoms with Gasteiger partial charge in [-0.05, 0) is 48.6 Å². The van der Waals surface area contributed by atoms with Gasteiger partial charge in [-0.3, -0.25) is 4.79 Å². The van der Waals surface area contributed by atoms with Crippen LogP contribution >= 0.6 is 0 Å². The van der Waals surface area contributed by atoms with Gasteiger partial charge < -0.3 is 21.1 Å². The lowest BCUT2D eigenvalue weighted by Crippen LogP contribution is -2.45. The zero-order valence-corrected chi connectivity index (χ0v) is 15.7. The van der Waals surface area contributed by atoms with E-state index in [4.69, 9.17) is 5.73 Å². The van der Waals surface area contributed by atoms with Crippen molar-refractivity contribution >= 4 is 16.9 Å². The van der Waals surface area contributed by atoms with E-state index in [1.54, 1.807) is 12.1 Å². The Bertz CT molecular complexity index is 908. The molecule has 3 aromatic rings. The molecule has 2 aromatic carbocycles. The first-order valence-corrected chi connectivity index (χ1v) is 9.52. The first-order chi connectivity index (χ1) is 13.5. The molecule has 0 amide bonds. The number of carboxylic acids is 1. The zero-order chi connectivity index (χ0) is 19.9. The van der Waals surface area contributed by atoms with Crippen LogP contribution in [0.5, 0.6) is 0 Å². The van der Waals surface area contributed by atoms with Crippen molar-refractivity contribution < 1.29 is 14.3 Å². The summed E-state index contributed by atoms with van der Waals surface area (Å²) in [5.41, 5.74) is 9.09. The van der Waals surface area contributed by atoms with Gasteiger partial charge in [0.05, 0.1) is 6.42 Å². The van der Waals surface area contributed by atoms with Crippen LogP contribution in [0.4, 0.5) is 4.39 Å². The van der Waals surface area contributed by atoms with E-state index in [1.165, 1.54) is 12.1 Å². The number of carbonyl (C=O) groups is 1. The topological polar surface area (TPSA) is 91.1 Å². The van der Waals surface area contributed by atoms with E-state index in [1.807, 2.05) is 30.5 Å². The Morgan fingerprint density at radius 3 is 2.61 bits per heavy atom. The quantitative estimate of drug-likeness (QED) is 0.433. The van der Waals surface area contributed by atoms with Crippen molar-refractivity contribution in [3.8, 4) is 0 Å². The van der Waals surface area contributed by atoms with Crippen molar-refractivity contribution in [2.24, 2.45) is 5.73 Å². The van der Waals surface area contributed by atoms with Crippen LogP contribution in [-0.2, 0) is 17.6 Å². The molecular weight excluding hydrogens is 357 g/mol. The molecular formula is C22H26FN3O2. The third kappa shape index (κ3) is 5.41. The molecule has 0 radical (unpaired) electrons. The van der Waals surface area contributed by atoms with E-state index in [0.29, 0.717) is 13.0 Å². The molecule has 6 heteroatoms. The Labute approximate surface area is 163 Å². The number of nitrogens with two attached hydrogens (primary N) is 1. The third-order valence-electron chi connectivity index (χ3n) is 5.01. The van der Waals surface area contributed by atoms with Crippen molar-refractivity contribution in [3.63, 3.8) is 0 Å². The minimum atomic E-state index is -0.841. The van der Waals surface area contributed by atoms with Crippen molar-refractivity contribution in [3.05, 3.63) is 71.7 Å². The number of rotatable bonds is 10. The van der Waals surface area contributed by atoms with E-state index in [0.717, 1.165) is 34.9 Å². The van der Waals surface area contributed by atoms with Gasteiger partial charge >= 0.3 is 5.97 Å². The molecule has 1 heterocycles. The largest absolute Gasteiger partial charge is 0.481 e. The second-order valence-corrected chi connectivity index (χ2v) is 7.12. The molecule has 0 aliphatic carbocycles. The van der Waals surface area contributed by atoms with Gasteiger partial charge in [0, 0.05) is 35.7 Å². The molecule has 5 N–H and O–H groups in total. The molecule has 0 spiro atoms. The molecule has 3 rings (SSSR count). The van der Waals surface area contributed by atoms with E-state index in [2.05, 4.69) is 10.3 Å². The van der Waals surface area contributed by atoms with E-state index < -0.39 is 5.97 Å². The summed E-state index contributed by atoms with van der Waals surface area (Å²) in [7, 11) is 0. The summed E-state index contributed by atoms with van der Waals surface area (Å²) in [5.74, 6) is -1.09. The number of H-pyrrole nitrogens is 1. The SMILES string of the molecule is NCC(CCc1ccc(F)cc1)N[C@H](CC(=O)O)Cc1c[nH]c2ccccc12. The Hall–Kier alpha value is -2.70. The van der Waals surface area contributed by atoms with Gasteiger partial charge in [-0.2, -0.15) is 0 Å². The number of para-hydroxylation sites is 1. The lowest BCUT2D eigenvalue weighted by atomic mass is 9.99. The summed E-state index contributed by atoms with van der Waals surface area (Å²) in [4.78, 5) is 14.6. The summed E-state index contributed by atoms with van der Waals surface area (Å²) < 4.78 is 13.0. The zero-order valence-electron chi connectivity index (χ0n) is 15.7. The van der Waals surface area contributed by atoms with Gasteiger partial charge in [-0.15, -0.1) is 0 Å². The number of carboxylic acid groups (broad SMARTS) is 1. The van der Waals surface area contributed by atoms with Crippen LogP contribution in [-0.4, -0.2) is 34.7 Å². The van der Waals surface area contributed by atoms with Crippen molar-refractivity contribution in [1.82, 2.24) is 10.3 Å². The van der Waals surface area contributed by atoms with Crippen LogP contribution in [0.3, 0.4) is 0 Å². The van der Waals surface area contributed by atoms with Crippen LogP contribution in [0, 0.1) is 5.82 Å². The van der Waals surface area contributed by atoms with Crippen LogP contribution in [0.2, 0.25) is 0 Å². The number of benzene rings is 2. The Kier molecular flexibility index (Phi) is 6.79. The minimum absolute atomic E-state index is 0.0143. The number of hydrogen-bond donors (Lipinski definition) is 4. The molecule has 0 aliphatic heterocycles. The summed E-state index contributed by atoms with van der Waals surface area (Å²) in [6.45, 7) is 0.408. The highest BCUT2D eigenvalue weighted by atomic mass is 19.1. The molecule has 0 saturated carbocycles. The molecule has 1 unspecified atom stereocenters. The van der Waals surface area contributed by atoms with Gasteiger partial charge in [-0.1, -0.05) is 30.3 Å². The predicted molar refractivity (Wildman–Crippen MR) is 109 cm³/mol. The number of nitrogens with one attached hydrogen (secondary N) is 2. The molecule has 1 aromatic heterocycles. The fourth-order valence-corrected chi connectivity index (χ4v) is 3.56.